The number of aromatic nitrogens is 1. The van der Waals surface area contributed by atoms with Crippen LogP contribution in [0.4, 0.5) is 5.69 Å². The highest BCUT2D eigenvalue weighted by atomic mass is 16.4. The fraction of sp³-hybridized carbons (Fsp3) is 0.364. The molecule has 0 saturated carbocycles. The van der Waals surface area contributed by atoms with Crippen LogP contribution >= 0.6 is 0 Å². The highest BCUT2D eigenvalue weighted by Crippen LogP contribution is 2.15. The number of nitrogens with zero attached hydrogens (tertiary/aromatic N) is 2. The molecule has 1 heterocycles. The summed E-state index contributed by atoms with van der Waals surface area (Å²) in [6.07, 6.45) is 3.13. The number of rotatable bonds is 4. The second-order valence-corrected chi connectivity index (χ2v) is 3.35. The minimum atomic E-state index is -1.11. The molecule has 0 fully saturated rings. The third-order valence-electron chi connectivity index (χ3n) is 2.30. The molecule has 1 N–H and O–H groups in total. The van der Waals surface area contributed by atoms with Crippen molar-refractivity contribution in [3.8, 4) is 0 Å². The number of hydrogen-bond donors (Lipinski definition) is 1. The second-order valence-electron chi connectivity index (χ2n) is 3.35. The summed E-state index contributed by atoms with van der Waals surface area (Å²) in [5, 5.41) is 8.78. The Balaban J connectivity index is 2.91. The maximum Gasteiger partial charge on any atom is 0.315 e. The van der Waals surface area contributed by atoms with Crippen molar-refractivity contribution in [2.45, 2.75) is 13.8 Å². The molecule has 1 aromatic rings. The SMILES string of the molecule is CCN(C(=O)C(C)C(=O)O)c1ccncc1. The second kappa shape index (κ2) is 5.25. The van der Waals surface area contributed by atoms with E-state index in [1.165, 1.54) is 11.8 Å². The lowest BCUT2D eigenvalue weighted by molar-refractivity contribution is -0.145. The van der Waals surface area contributed by atoms with Crippen molar-refractivity contribution in [1.29, 1.82) is 0 Å². The lowest BCUT2D eigenvalue weighted by Crippen LogP contribution is -2.38. The summed E-state index contributed by atoms with van der Waals surface area (Å²) in [5.74, 6) is -2.56. The van der Waals surface area contributed by atoms with E-state index in [0.29, 0.717) is 12.2 Å². The number of amides is 1. The molecule has 1 rings (SSSR count). The number of carboxylic acid groups (broad SMARTS) is 1. The van der Waals surface area contributed by atoms with Gasteiger partial charge in [-0.05, 0) is 26.0 Å². The van der Waals surface area contributed by atoms with Gasteiger partial charge in [0.1, 0.15) is 5.92 Å². The van der Waals surface area contributed by atoms with Gasteiger partial charge in [0.2, 0.25) is 5.91 Å². The van der Waals surface area contributed by atoms with E-state index in [-0.39, 0.29) is 0 Å². The van der Waals surface area contributed by atoms with Crippen molar-refractivity contribution in [1.82, 2.24) is 4.98 Å². The molecule has 0 aliphatic heterocycles. The molecule has 0 aliphatic carbocycles. The average Bonchev–Trinajstić information content (AvgIpc) is 2.30. The van der Waals surface area contributed by atoms with Gasteiger partial charge in [0.15, 0.2) is 0 Å². The van der Waals surface area contributed by atoms with Crippen LogP contribution in [0.25, 0.3) is 0 Å². The van der Waals surface area contributed by atoms with Gasteiger partial charge in [-0.3, -0.25) is 14.6 Å². The normalized spacial score (nSPS) is 11.9. The van der Waals surface area contributed by atoms with Crippen molar-refractivity contribution in [3.05, 3.63) is 24.5 Å². The molecule has 5 heteroatoms. The van der Waals surface area contributed by atoms with Crippen molar-refractivity contribution >= 4 is 17.6 Å². The molecule has 5 nitrogen and oxygen atoms in total. The number of carbonyl (C=O) groups is 2. The van der Waals surface area contributed by atoms with Crippen LogP contribution in [0.3, 0.4) is 0 Å². The Morgan fingerprint density at radius 3 is 2.44 bits per heavy atom. The molecule has 0 bridgehead atoms. The molecule has 0 aliphatic rings. The van der Waals surface area contributed by atoms with Crippen LogP contribution in [-0.4, -0.2) is 28.5 Å². The first kappa shape index (κ1) is 12.2. The van der Waals surface area contributed by atoms with Crippen LogP contribution in [0.5, 0.6) is 0 Å². The zero-order chi connectivity index (χ0) is 12.1. The first-order valence-electron chi connectivity index (χ1n) is 5.02. The van der Waals surface area contributed by atoms with E-state index >= 15 is 0 Å². The highest BCUT2D eigenvalue weighted by molar-refractivity contribution is 6.05. The number of hydrogen-bond acceptors (Lipinski definition) is 3. The Bertz CT molecular complexity index is 378. The fourth-order valence-corrected chi connectivity index (χ4v) is 1.33. The Morgan fingerprint density at radius 2 is 2.00 bits per heavy atom. The van der Waals surface area contributed by atoms with Crippen LogP contribution in [0.2, 0.25) is 0 Å². The summed E-state index contributed by atoms with van der Waals surface area (Å²) < 4.78 is 0. The van der Waals surface area contributed by atoms with Gasteiger partial charge >= 0.3 is 5.97 Å². The lowest BCUT2D eigenvalue weighted by atomic mass is 10.1. The molecule has 16 heavy (non-hydrogen) atoms. The largest absolute Gasteiger partial charge is 0.481 e. The Labute approximate surface area is 93.7 Å². The summed E-state index contributed by atoms with van der Waals surface area (Å²) in [4.78, 5) is 27.9. The van der Waals surface area contributed by atoms with Crippen LogP contribution in [0.15, 0.2) is 24.5 Å². The third kappa shape index (κ3) is 2.56. The predicted octanol–water partition coefficient (Wildman–Crippen LogP) is 1.16. The van der Waals surface area contributed by atoms with Gasteiger partial charge in [-0.25, -0.2) is 0 Å². The number of anilines is 1. The van der Waals surface area contributed by atoms with Crippen LogP contribution in [0.1, 0.15) is 13.8 Å². The molecular formula is C11H14N2O3. The molecule has 0 aromatic carbocycles. The van der Waals surface area contributed by atoms with E-state index in [1.54, 1.807) is 31.5 Å². The van der Waals surface area contributed by atoms with Crippen molar-refractivity contribution in [3.63, 3.8) is 0 Å². The topological polar surface area (TPSA) is 70.5 Å². The van der Waals surface area contributed by atoms with Crippen LogP contribution < -0.4 is 4.90 Å². The summed E-state index contributed by atoms with van der Waals surface area (Å²) in [7, 11) is 0. The standard InChI is InChI=1S/C11H14N2O3/c1-3-13(9-4-6-12-7-5-9)10(14)8(2)11(15)16/h4-8H,3H2,1-2H3,(H,15,16). The molecule has 86 valence electrons. The summed E-state index contributed by atoms with van der Waals surface area (Å²) in [6.45, 7) is 3.61. The zero-order valence-electron chi connectivity index (χ0n) is 9.25. The van der Waals surface area contributed by atoms with E-state index in [9.17, 15) is 9.59 Å². The number of pyridine rings is 1. The van der Waals surface area contributed by atoms with Gasteiger partial charge in [0.25, 0.3) is 0 Å². The van der Waals surface area contributed by atoms with Gasteiger partial charge in [-0.2, -0.15) is 0 Å². The number of aliphatic carboxylic acids is 1. The summed E-state index contributed by atoms with van der Waals surface area (Å²) in [6, 6.07) is 3.35. The van der Waals surface area contributed by atoms with Crippen molar-refractivity contribution < 1.29 is 14.7 Å². The molecule has 0 spiro atoms. The smallest absolute Gasteiger partial charge is 0.315 e. The predicted molar refractivity (Wildman–Crippen MR) is 59.1 cm³/mol. The van der Waals surface area contributed by atoms with Gasteiger partial charge in [-0.15, -0.1) is 0 Å². The Kier molecular flexibility index (Phi) is 3.99. The monoisotopic (exact) mass is 222 g/mol. The van der Waals surface area contributed by atoms with Crippen molar-refractivity contribution in [2.75, 3.05) is 11.4 Å². The maximum absolute atomic E-state index is 11.8. The maximum atomic E-state index is 11.8. The quantitative estimate of drug-likeness (QED) is 0.776. The molecule has 1 aromatic heterocycles. The summed E-state index contributed by atoms with van der Waals surface area (Å²) in [5.41, 5.74) is 0.663. The first-order valence-corrected chi connectivity index (χ1v) is 5.02. The first-order chi connectivity index (χ1) is 7.57. The molecule has 1 amide bonds. The fourth-order valence-electron chi connectivity index (χ4n) is 1.33. The molecular weight excluding hydrogens is 208 g/mol. The van der Waals surface area contributed by atoms with Crippen molar-refractivity contribution in [2.24, 2.45) is 5.92 Å². The number of carboxylic acids is 1. The van der Waals surface area contributed by atoms with Gasteiger partial charge < -0.3 is 10.0 Å². The zero-order valence-corrected chi connectivity index (χ0v) is 9.25. The van der Waals surface area contributed by atoms with Gasteiger partial charge in [-0.1, -0.05) is 0 Å². The minimum Gasteiger partial charge on any atom is -0.481 e. The minimum absolute atomic E-state index is 0.416. The summed E-state index contributed by atoms with van der Waals surface area (Å²) >= 11 is 0. The molecule has 1 atom stereocenters. The third-order valence-corrected chi connectivity index (χ3v) is 2.30. The van der Waals surface area contributed by atoms with Gasteiger partial charge in [0, 0.05) is 24.6 Å². The van der Waals surface area contributed by atoms with E-state index in [1.807, 2.05) is 0 Å². The van der Waals surface area contributed by atoms with Gasteiger partial charge in [0.05, 0.1) is 0 Å². The Morgan fingerprint density at radius 1 is 1.44 bits per heavy atom. The Hall–Kier alpha value is -1.91. The number of carbonyl (C=O) groups excluding carboxylic acids is 1. The van der Waals surface area contributed by atoms with Crippen LogP contribution in [0, 0.1) is 5.92 Å². The van der Waals surface area contributed by atoms with Crippen LogP contribution in [-0.2, 0) is 9.59 Å². The van der Waals surface area contributed by atoms with E-state index in [4.69, 9.17) is 5.11 Å². The van der Waals surface area contributed by atoms with E-state index < -0.39 is 17.8 Å². The lowest BCUT2D eigenvalue weighted by Gasteiger charge is -2.22. The van der Waals surface area contributed by atoms with E-state index in [2.05, 4.69) is 4.98 Å². The highest BCUT2D eigenvalue weighted by Gasteiger charge is 2.25. The van der Waals surface area contributed by atoms with E-state index in [0.717, 1.165) is 0 Å². The molecule has 0 saturated heterocycles. The molecule has 0 radical (unpaired) electrons. The average molecular weight is 222 g/mol. The molecule has 1 unspecified atom stereocenters.